The van der Waals surface area contributed by atoms with Crippen LogP contribution in [-0.4, -0.2) is 35.0 Å². The summed E-state index contributed by atoms with van der Waals surface area (Å²) in [5.74, 6) is -0.510. The molecule has 0 saturated heterocycles. The number of carbonyl (C=O) groups excluding carboxylic acids is 1. The molecular weight excluding hydrogens is 588 g/mol. The number of nitrogens with zero attached hydrogens (tertiary/aromatic N) is 3. The summed E-state index contributed by atoms with van der Waals surface area (Å²) >= 11 is 0. The van der Waals surface area contributed by atoms with Crippen LogP contribution in [0.5, 0.6) is 5.88 Å². The molecule has 232 valence electrons. The van der Waals surface area contributed by atoms with Gasteiger partial charge in [0.15, 0.2) is 4.90 Å². The second-order valence-electron chi connectivity index (χ2n) is 11.7. The van der Waals surface area contributed by atoms with Gasteiger partial charge in [-0.3, -0.25) is 14.2 Å². The van der Waals surface area contributed by atoms with Crippen LogP contribution < -0.4 is 10.9 Å². The third kappa shape index (κ3) is 6.54. The summed E-state index contributed by atoms with van der Waals surface area (Å²) in [5, 5.41) is 24.1. The van der Waals surface area contributed by atoms with Crippen LogP contribution in [-0.2, 0) is 16.3 Å². The summed E-state index contributed by atoms with van der Waals surface area (Å²) in [6.07, 6.45) is 3.56. The number of hydrogen-bond acceptors (Lipinski definition) is 7. The summed E-state index contributed by atoms with van der Waals surface area (Å²) in [7, 11) is -4.51. The van der Waals surface area contributed by atoms with Crippen molar-refractivity contribution >= 4 is 15.7 Å². The lowest BCUT2D eigenvalue weighted by molar-refractivity contribution is 0.0943. The fraction of sp³-hybridized carbons (Fsp3) is 0.314. The number of carbonyl (C=O) groups is 1. The van der Waals surface area contributed by atoms with E-state index in [9.17, 15) is 28.4 Å². The molecule has 0 spiro atoms. The molecule has 5 rings (SSSR count). The van der Waals surface area contributed by atoms with Gasteiger partial charge in [-0.15, -0.1) is 0 Å². The maximum absolute atomic E-state index is 14.0. The summed E-state index contributed by atoms with van der Waals surface area (Å²) in [4.78, 5) is 29.5. The second-order valence-corrected chi connectivity index (χ2v) is 13.6. The molecule has 2 N–H and O–H groups in total. The standard InChI is InChI=1S/C35H36N4O5S/c1-4-5-13-30-38-34(41)32(35(42)39(30)31(25-14-15-25)26-10-8-9-23(20-26)21-36)45(43,44)27-18-16-24(17-19-27)28-11-6-7-12-29(28)33(40)37-22(2)3/h6-12,16-20,22,25,31,42H,4-5,13-15H2,1-3H3,(H,37,40). The molecule has 1 aliphatic rings. The Hall–Kier alpha value is -4.75. The highest BCUT2D eigenvalue weighted by molar-refractivity contribution is 7.91. The van der Waals surface area contributed by atoms with Gasteiger partial charge in [0.05, 0.1) is 22.6 Å². The third-order valence-electron chi connectivity index (χ3n) is 7.93. The zero-order valence-electron chi connectivity index (χ0n) is 25.5. The Bertz CT molecular complexity index is 1940. The van der Waals surface area contributed by atoms with E-state index in [2.05, 4.69) is 16.4 Å². The highest BCUT2D eigenvalue weighted by Gasteiger charge is 2.39. The number of nitrogens with one attached hydrogen (secondary N) is 1. The van der Waals surface area contributed by atoms with Crippen molar-refractivity contribution in [3.8, 4) is 23.1 Å². The number of aromatic nitrogens is 2. The predicted molar refractivity (Wildman–Crippen MR) is 171 cm³/mol. The molecule has 10 heteroatoms. The number of sulfone groups is 1. The van der Waals surface area contributed by atoms with Crippen LogP contribution in [0, 0.1) is 17.2 Å². The molecule has 1 unspecified atom stereocenters. The van der Waals surface area contributed by atoms with Crippen molar-refractivity contribution in [1.82, 2.24) is 14.9 Å². The molecule has 1 amide bonds. The van der Waals surface area contributed by atoms with E-state index in [1.807, 2.05) is 26.8 Å². The molecule has 1 aromatic heterocycles. The number of rotatable bonds is 11. The molecule has 1 heterocycles. The minimum absolute atomic E-state index is 0.0634. The van der Waals surface area contributed by atoms with Crippen LogP contribution in [0.1, 0.15) is 79.8 Å². The van der Waals surface area contributed by atoms with Crippen LogP contribution in [0.25, 0.3) is 11.1 Å². The van der Waals surface area contributed by atoms with Crippen molar-refractivity contribution in [2.75, 3.05) is 0 Å². The topological polar surface area (TPSA) is 142 Å². The first-order chi connectivity index (χ1) is 21.6. The van der Waals surface area contributed by atoms with Gasteiger partial charge in [-0.25, -0.2) is 8.42 Å². The molecule has 1 atom stereocenters. The molecule has 1 aliphatic carbocycles. The van der Waals surface area contributed by atoms with E-state index in [0.29, 0.717) is 40.9 Å². The Morgan fingerprint density at radius 2 is 1.80 bits per heavy atom. The maximum atomic E-state index is 14.0. The monoisotopic (exact) mass is 624 g/mol. The minimum Gasteiger partial charge on any atom is -0.493 e. The zero-order valence-corrected chi connectivity index (χ0v) is 26.3. The average molecular weight is 625 g/mol. The normalized spacial score (nSPS) is 13.8. The summed E-state index contributed by atoms with van der Waals surface area (Å²) < 4.78 is 29.5. The van der Waals surface area contributed by atoms with Gasteiger partial charge in [0, 0.05) is 18.0 Å². The van der Waals surface area contributed by atoms with Crippen molar-refractivity contribution < 1.29 is 18.3 Å². The highest BCUT2D eigenvalue weighted by atomic mass is 32.2. The summed E-state index contributed by atoms with van der Waals surface area (Å²) in [6.45, 7) is 5.73. The van der Waals surface area contributed by atoms with E-state index < -0.39 is 32.2 Å². The molecule has 4 aromatic rings. The smallest absolute Gasteiger partial charge is 0.296 e. The fourth-order valence-corrected chi connectivity index (χ4v) is 6.97. The Morgan fingerprint density at radius 1 is 1.09 bits per heavy atom. The molecule has 45 heavy (non-hydrogen) atoms. The van der Waals surface area contributed by atoms with Gasteiger partial charge < -0.3 is 10.4 Å². The number of hydrogen-bond donors (Lipinski definition) is 2. The molecule has 0 radical (unpaired) electrons. The van der Waals surface area contributed by atoms with E-state index >= 15 is 0 Å². The van der Waals surface area contributed by atoms with Gasteiger partial charge in [-0.05, 0) is 86.1 Å². The van der Waals surface area contributed by atoms with Crippen molar-refractivity contribution in [2.45, 2.75) is 74.7 Å². The lowest BCUT2D eigenvalue weighted by Crippen LogP contribution is -2.30. The molecule has 0 bridgehead atoms. The van der Waals surface area contributed by atoms with Crippen LogP contribution >= 0.6 is 0 Å². The number of aryl methyl sites for hydroxylation is 1. The first kappa shape index (κ1) is 31.7. The van der Waals surface area contributed by atoms with E-state index in [1.165, 1.54) is 16.7 Å². The second kappa shape index (κ2) is 13.1. The van der Waals surface area contributed by atoms with Gasteiger partial charge in [-0.2, -0.15) is 10.2 Å². The largest absolute Gasteiger partial charge is 0.493 e. The Kier molecular flexibility index (Phi) is 9.21. The van der Waals surface area contributed by atoms with Crippen molar-refractivity contribution in [2.24, 2.45) is 5.92 Å². The Morgan fingerprint density at radius 3 is 2.44 bits per heavy atom. The van der Waals surface area contributed by atoms with Crippen LogP contribution in [0.4, 0.5) is 0 Å². The van der Waals surface area contributed by atoms with Crippen molar-refractivity contribution in [1.29, 1.82) is 5.26 Å². The lowest BCUT2D eigenvalue weighted by atomic mass is 9.99. The SMILES string of the molecule is CCCCc1nc(=O)c(S(=O)(=O)c2ccc(-c3ccccc3C(=O)NC(C)C)cc2)c(O)n1C(c1cccc(C#N)c1)C1CC1. The zero-order chi connectivity index (χ0) is 32.3. The molecule has 3 aromatic carbocycles. The van der Waals surface area contributed by atoms with Crippen LogP contribution in [0.2, 0.25) is 0 Å². The first-order valence-corrected chi connectivity index (χ1v) is 16.6. The molecule has 1 saturated carbocycles. The molecule has 0 aliphatic heterocycles. The Balaban J connectivity index is 1.61. The van der Waals surface area contributed by atoms with Crippen LogP contribution in [0.3, 0.4) is 0 Å². The number of unbranched alkanes of at least 4 members (excludes halogenated alkanes) is 1. The lowest BCUT2D eigenvalue weighted by Gasteiger charge is -2.26. The van der Waals surface area contributed by atoms with Gasteiger partial charge in [-0.1, -0.05) is 55.8 Å². The number of nitriles is 1. The molecule has 9 nitrogen and oxygen atoms in total. The van der Waals surface area contributed by atoms with E-state index in [1.54, 1.807) is 54.6 Å². The first-order valence-electron chi connectivity index (χ1n) is 15.2. The maximum Gasteiger partial charge on any atom is 0.296 e. The number of amides is 1. The Labute approximate surface area is 263 Å². The predicted octanol–water partition coefficient (Wildman–Crippen LogP) is 5.80. The van der Waals surface area contributed by atoms with Crippen LogP contribution in [0.15, 0.2) is 87.4 Å². The van der Waals surface area contributed by atoms with Gasteiger partial charge in [0.2, 0.25) is 15.7 Å². The number of aromatic hydroxyl groups is 1. The van der Waals surface area contributed by atoms with Gasteiger partial charge >= 0.3 is 0 Å². The van der Waals surface area contributed by atoms with E-state index in [-0.39, 0.29) is 22.8 Å². The average Bonchev–Trinajstić information content (AvgIpc) is 3.86. The molecular formula is C35H36N4O5S. The van der Waals surface area contributed by atoms with Gasteiger partial charge in [0.1, 0.15) is 5.82 Å². The third-order valence-corrected chi connectivity index (χ3v) is 9.72. The summed E-state index contributed by atoms with van der Waals surface area (Å²) in [5.41, 5.74) is 1.85. The molecule has 1 fully saturated rings. The fourth-order valence-electron chi connectivity index (χ4n) is 5.63. The van der Waals surface area contributed by atoms with E-state index in [4.69, 9.17) is 0 Å². The highest BCUT2D eigenvalue weighted by Crippen LogP contribution is 2.46. The minimum atomic E-state index is -4.51. The van der Waals surface area contributed by atoms with Crippen molar-refractivity contribution in [3.05, 3.63) is 106 Å². The van der Waals surface area contributed by atoms with E-state index in [0.717, 1.165) is 24.8 Å². The van der Waals surface area contributed by atoms with Gasteiger partial charge in [0.25, 0.3) is 11.5 Å². The quantitative estimate of drug-likeness (QED) is 0.215. The number of benzene rings is 3. The summed E-state index contributed by atoms with van der Waals surface area (Å²) in [6, 6.07) is 21.5. The van der Waals surface area contributed by atoms with Crippen molar-refractivity contribution in [3.63, 3.8) is 0 Å².